The van der Waals surface area contributed by atoms with E-state index in [-0.39, 0.29) is 0 Å². The van der Waals surface area contributed by atoms with Gasteiger partial charge in [0.15, 0.2) is 0 Å². The molecule has 7 nitrogen and oxygen atoms in total. The number of rotatable bonds is 7. The molecule has 2 heterocycles. The number of esters is 2. The van der Waals surface area contributed by atoms with E-state index < -0.39 is 11.9 Å². The van der Waals surface area contributed by atoms with Gasteiger partial charge in [-0.3, -0.25) is 0 Å². The molecule has 1 aliphatic heterocycles. The molecule has 0 unspecified atom stereocenters. The quantitative estimate of drug-likeness (QED) is 0.540. The van der Waals surface area contributed by atoms with Crippen LogP contribution in [0.4, 0.5) is 5.82 Å². The van der Waals surface area contributed by atoms with E-state index in [9.17, 15) is 9.59 Å². The highest BCUT2D eigenvalue weighted by Gasteiger charge is 2.26. The zero-order valence-corrected chi connectivity index (χ0v) is 18.1. The Bertz CT molecular complexity index is 751. The number of pyridine rings is 1. The molecular formula is C23H33N3O4. The Morgan fingerprint density at radius 2 is 1.87 bits per heavy atom. The van der Waals surface area contributed by atoms with E-state index in [2.05, 4.69) is 15.2 Å². The van der Waals surface area contributed by atoms with Gasteiger partial charge < -0.3 is 19.7 Å². The minimum Gasteiger partial charge on any atom is -0.465 e. The first-order valence-electron chi connectivity index (χ1n) is 11.0. The molecule has 1 aromatic heterocycles. The lowest BCUT2D eigenvalue weighted by Crippen LogP contribution is -2.47. The van der Waals surface area contributed by atoms with Gasteiger partial charge in [0.1, 0.15) is 11.4 Å². The minimum atomic E-state index is -0.425. The zero-order valence-electron chi connectivity index (χ0n) is 18.1. The molecule has 1 N–H and O–H groups in total. The second kappa shape index (κ2) is 11.1. The van der Waals surface area contributed by atoms with Crippen LogP contribution in [-0.4, -0.2) is 55.8 Å². The summed E-state index contributed by atoms with van der Waals surface area (Å²) < 4.78 is 9.87. The number of piperidine rings is 1. The van der Waals surface area contributed by atoms with Gasteiger partial charge in [-0.1, -0.05) is 19.3 Å². The predicted molar refractivity (Wildman–Crippen MR) is 116 cm³/mol. The maximum atomic E-state index is 12.4. The third-order valence-electron chi connectivity index (χ3n) is 5.86. The number of ether oxygens (including phenoxy) is 2. The molecule has 1 aliphatic carbocycles. The molecule has 1 saturated carbocycles. The fourth-order valence-corrected chi connectivity index (χ4v) is 4.29. The van der Waals surface area contributed by atoms with E-state index in [1.165, 1.54) is 45.3 Å². The van der Waals surface area contributed by atoms with Crippen LogP contribution in [0, 0.1) is 0 Å². The zero-order chi connectivity index (χ0) is 21.3. The number of nitrogens with one attached hydrogen (secondary N) is 1. The Labute approximate surface area is 178 Å². The van der Waals surface area contributed by atoms with Crippen molar-refractivity contribution in [1.82, 2.24) is 10.3 Å². The van der Waals surface area contributed by atoms with Gasteiger partial charge in [-0.05, 0) is 50.3 Å². The molecule has 1 aromatic rings. The highest BCUT2D eigenvalue weighted by atomic mass is 16.5. The van der Waals surface area contributed by atoms with Crippen molar-refractivity contribution in [3.8, 4) is 0 Å². The molecule has 30 heavy (non-hydrogen) atoms. The number of aromatic nitrogens is 1. The van der Waals surface area contributed by atoms with Crippen LogP contribution in [0.3, 0.4) is 0 Å². The molecule has 2 aliphatic rings. The first kappa shape index (κ1) is 22.3. The lowest BCUT2D eigenvalue weighted by molar-refractivity contribution is -0.137. The van der Waals surface area contributed by atoms with Crippen LogP contribution in [-0.2, 0) is 14.3 Å². The summed E-state index contributed by atoms with van der Waals surface area (Å²) in [5, 5.41) is 3.83. The van der Waals surface area contributed by atoms with Gasteiger partial charge in [-0.15, -0.1) is 0 Å². The number of hydrogen-bond acceptors (Lipinski definition) is 7. The van der Waals surface area contributed by atoms with Gasteiger partial charge in [-0.25, -0.2) is 14.6 Å². The van der Waals surface area contributed by atoms with Crippen LogP contribution < -0.4 is 10.2 Å². The third-order valence-corrected chi connectivity index (χ3v) is 5.86. The number of carbonyl (C=O) groups excluding carboxylic acids is 2. The topological polar surface area (TPSA) is 80.8 Å². The van der Waals surface area contributed by atoms with Crippen molar-refractivity contribution in [2.45, 2.75) is 64.0 Å². The summed E-state index contributed by atoms with van der Waals surface area (Å²) in [6, 6.07) is 2.90. The highest BCUT2D eigenvalue weighted by Crippen LogP contribution is 2.25. The Kier molecular flexibility index (Phi) is 8.25. The Morgan fingerprint density at radius 1 is 1.17 bits per heavy atom. The summed E-state index contributed by atoms with van der Waals surface area (Å²) in [7, 11) is 1.37. The average molecular weight is 416 g/mol. The van der Waals surface area contributed by atoms with Gasteiger partial charge in [0.2, 0.25) is 0 Å². The first-order valence-corrected chi connectivity index (χ1v) is 11.0. The number of nitrogens with zero attached hydrogens (tertiary/aromatic N) is 2. The molecule has 1 saturated heterocycles. The van der Waals surface area contributed by atoms with Crippen molar-refractivity contribution in [3.63, 3.8) is 0 Å². The largest absolute Gasteiger partial charge is 0.465 e. The first-order chi connectivity index (χ1) is 14.6. The molecule has 0 spiro atoms. The fraction of sp³-hybridized carbons (Fsp3) is 0.609. The van der Waals surface area contributed by atoms with Crippen LogP contribution >= 0.6 is 0 Å². The molecule has 164 valence electrons. The van der Waals surface area contributed by atoms with Crippen molar-refractivity contribution in [2.75, 3.05) is 31.7 Å². The van der Waals surface area contributed by atoms with Crippen LogP contribution in [0.5, 0.6) is 0 Å². The Hall–Kier alpha value is -2.41. The number of carbonyl (C=O) groups is 2. The summed E-state index contributed by atoms with van der Waals surface area (Å²) in [5.74, 6) is -0.202. The van der Waals surface area contributed by atoms with Crippen molar-refractivity contribution in [3.05, 3.63) is 29.5 Å². The maximum absolute atomic E-state index is 12.4. The fourth-order valence-electron chi connectivity index (χ4n) is 4.29. The summed E-state index contributed by atoms with van der Waals surface area (Å²) in [4.78, 5) is 30.6. The van der Waals surface area contributed by atoms with Crippen molar-refractivity contribution in [2.24, 2.45) is 0 Å². The van der Waals surface area contributed by atoms with Crippen LogP contribution in [0.1, 0.15) is 67.8 Å². The van der Waals surface area contributed by atoms with Crippen LogP contribution in [0.25, 0.3) is 6.08 Å². The normalized spacial score (nSPS) is 18.5. The lowest BCUT2D eigenvalue weighted by Gasteiger charge is -2.36. The predicted octanol–water partition coefficient (Wildman–Crippen LogP) is 3.34. The van der Waals surface area contributed by atoms with E-state index in [0.29, 0.717) is 35.6 Å². The van der Waals surface area contributed by atoms with Crippen molar-refractivity contribution >= 4 is 23.8 Å². The van der Waals surface area contributed by atoms with Gasteiger partial charge in [0, 0.05) is 37.4 Å². The van der Waals surface area contributed by atoms with Crippen LogP contribution in [0.2, 0.25) is 0 Å². The van der Waals surface area contributed by atoms with Crippen molar-refractivity contribution < 1.29 is 19.1 Å². The van der Waals surface area contributed by atoms with Crippen molar-refractivity contribution in [1.29, 1.82) is 0 Å². The summed E-state index contributed by atoms with van der Waals surface area (Å²) in [6.07, 6.45) is 13.3. The molecule has 0 bridgehead atoms. The van der Waals surface area contributed by atoms with Gasteiger partial charge in [-0.2, -0.15) is 0 Å². The van der Waals surface area contributed by atoms with Gasteiger partial charge in [0.05, 0.1) is 13.7 Å². The minimum absolute atomic E-state index is 0.319. The van der Waals surface area contributed by atoms with Gasteiger partial charge >= 0.3 is 11.9 Å². The van der Waals surface area contributed by atoms with E-state index in [0.717, 1.165) is 25.9 Å². The van der Waals surface area contributed by atoms with E-state index in [1.807, 2.05) is 0 Å². The molecule has 2 fully saturated rings. The summed E-state index contributed by atoms with van der Waals surface area (Å²) in [5.41, 5.74) is 1.07. The second-order valence-corrected chi connectivity index (χ2v) is 7.98. The molecule has 0 amide bonds. The van der Waals surface area contributed by atoms with Gasteiger partial charge in [0.25, 0.3) is 0 Å². The number of anilines is 1. The maximum Gasteiger partial charge on any atom is 0.341 e. The summed E-state index contributed by atoms with van der Waals surface area (Å²) in [6.45, 7) is 3.77. The molecule has 7 heteroatoms. The Balaban J connectivity index is 1.66. The van der Waals surface area contributed by atoms with E-state index >= 15 is 0 Å². The number of hydrogen-bond donors (Lipinski definition) is 1. The molecule has 3 rings (SSSR count). The molecule has 0 atom stereocenters. The third kappa shape index (κ3) is 6.05. The summed E-state index contributed by atoms with van der Waals surface area (Å²) >= 11 is 0. The lowest BCUT2D eigenvalue weighted by atomic mass is 9.93. The monoisotopic (exact) mass is 415 g/mol. The molecular weight excluding hydrogens is 382 g/mol. The van der Waals surface area contributed by atoms with E-state index in [4.69, 9.17) is 9.47 Å². The average Bonchev–Trinajstić information content (AvgIpc) is 2.78. The van der Waals surface area contributed by atoms with Crippen LogP contribution in [0.15, 0.2) is 18.3 Å². The van der Waals surface area contributed by atoms with E-state index in [1.54, 1.807) is 25.3 Å². The Morgan fingerprint density at radius 3 is 2.53 bits per heavy atom. The molecule has 0 radical (unpaired) electrons. The second-order valence-electron chi connectivity index (χ2n) is 7.98. The smallest absolute Gasteiger partial charge is 0.341 e. The number of methoxy groups -OCH3 is 1. The highest BCUT2D eigenvalue weighted by molar-refractivity contribution is 5.96. The molecule has 0 aromatic carbocycles. The standard InChI is InChI=1S/C23H33N3O4/c1-3-30-21(27)10-9-17-15-20(23(28)29-2)22(24-16-17)26-13-11-19(12-14-26)25-18-7-5-4-6-8-18/h9-10,15-16,18-19,25H,3-8,11-14H2,1-2H3/b10-9+. The SMILES string of the molecule is CCOC(=O)/C=C/c1cnc(N2CCC(NC3CCCCC3)CC2)c(C(=O)OC)c1.